The number of carbonyl (C=O) groups is 5. The Hall–Kier alpha value is -3.70. The maximum Gasteiger partial charge on any atom is 0.481 e. The molecule has 14 N–H and O–H groups in total. The summed E-state index contributed by atoms with van der Waals surface area (Å²) in [5.74, 6) is -2.27. The van der Waals surface area contributed by atoms with Crippen LogP contribution in [0.15, 0.2) is 12.7 Å². The number of amides is 5. The number of unbranched alkanes of at least 4 members (excludes halogenated alkanes) is 1. The zero-order chi connectivity index (χ0) is 48.0. The van der Waals surface area contributed by atoms with Gasteiger partial charge in [-0.1, -0.05) is 13.8 Å². The monoisotopic (exact) mass is 994 g/mol. The highest BCUT2D eigenvalue weighted by Crippen LogP contribution is 2.61. The van der Waals surface area contributed by atoms with Crippen LogP contribution in [0.25, 0.3) is 11.2 Å². The summed E-state index contributed by atoms with van der Waals surface area (Å²) >= 11 is 1.25. The highest BCUT2D eigenvalue weighted by atomic mass is 32.2. The van der Waals surface area contributed by atoms with E-state index < -0.39 is 96.5 Å². The molecular weight excluding hydrogens is 941 g/mol. The Morgan fingerprint density at radius 2 is 1.64 bits per heavy atom. The van der Waals surface area contributed by atoms with E-state index in [1.54, 1.807) is 0 Å². The van der Waals surface area contributed by atoms with Gasteiger partial charge in [-0.05, 0) is 19.3 Å². The predicted molar refractivity (Wildman–Crippen MR) is 221 cm³/mol. The van der Waals surface area contributed by atoms with Crippen LogP contribution < -0.4 is 32.7 Å². The van der Waals surface area contributed by atoms with Crippen LogP contribution in [-0.2, 0) is 60.3 Å². The molecule has 1 aliphatic rings. The molecule has 1 aliphatic heterocycles. The fraction of sp³-hybridized carbons (Fsp3) is 0.677. The van der Waals surface area contributed by atoms with Crippen LogP contribution in [0.1, 0.15) is 52.7 Å². The van der Waals surface area contributed by atoms with Gasteiger partial charge in [0.15, 0.2) is 17.7 Å². The molecule has 8 atom stereocenters. The fourth-order valence-corrected chi connectivity index (χ4v) is 9.16. The highest BCUT2D eigenvalue weighted by molar-refractivity contribution is 7.99. The number of nitrogens with one attached hydrogen (secondary N) is 4. The molecule has 1 fully saturated rings. The predicted octanol–water partition coefficient (Wildman–Crippen LogP) is -2.59. The highest BCUT2D eigenvalue weighted by Gasteiger charge is 2.50. The number of ether oxygens (including phenoxy) is 1. The number of phosphoric acid groups is 3. The van der Waals surface area contributed by atoms with Crippen molar-refractivity contribution in [2.75, 3.05) is 50.1 Å². The molecular formula is C31H53N10O19P3S. The smallest absolute Gasteiger partial charge is 0.386 e. The molecule has 0 saturated carbocycles. The second-order valence-corrected chi connectivity index (χ2v) is 20.0. The normalized spacial score (nSPS) is 20.7. The molecule has 362 valence electrons. The minimum atomic E-state index is -5.59. The van der Waals surface area contributed by atoms with Gasteiger partial charge in [0.25, 0.3) is 0 Å². The van der Waals surface area contributed by atoms with Crippen molar-refractivity contribution in [1.82, 2.24) is 40.8 Å². The standard InChI is InChI=1S/C31H53N10O19P3S/c1-17(42)40-18(27(33)47)6-4-5-8-34-21(44)13-64-11-10-35-20(43)7-9-36-29(48)25(46)31(2,3)14-57-63(54,55)60-62(52,53)56-12-19-24(59-61(49,50)51)23(45)30(58-19)41-16-39-22-26(32)37-15-38-28(22)41/h15-16,18-19,23-25,30,45-46H,4-14H2,1-3H3,(H2,33,47)(H,34,44)(H,35,43)(H,36,48)(H,40,42)(H,52,53)(H,54,55)(H2,32,37,38)(H2,49,50,51)/t18-,19-,23-,24-,25+,30-/m1/s1. The van der Waals surface area contributed by atoms with E-state index in [4.69, 9.17) is 25.3 Å². The minimum absolute atomic E-state index is 0.0196. The molecule has 0 aliphatic carbocycles. The van der Waals surface area contributed by atoms with Crippen molar-refractivity contribution >= 4 is 81.7 Å². The maximum atomic E-state index is 12.7. The number of nitrogens with two attached hydrogens (primary N) is 2. The number of hydrogen-bond acceptors (Lipinski definition) is 20. The summed E-state index contributed by atoms with van der Waals surface area (Å²) in [5, 5.41) is 31.6. The first-order valence-corrected chi connectivity index (χ1v) is 24.7. The number of fused-ring (bicyclic) bond motifs is 1. The van der Waals surface area contributed by atoms with Crippen LogP contribution in [-0.4, -0.2) is 154 Å². The van der Waals surface area contributed by atoms with Crippen molar-refractivity contribution in [3.63, 3.8) is 0 Å². The van der Waals surface area contributed by atoms with Crippen molar-refractivity contribution < 1.29 is 90.1 Å². The average molecular weight is 995 g/mol. The van der Waals surface area contributed by atoms with Crippen LogP contribution in [0.4, 0.5) is 5.82 Å². The number of thioether (sulfide) groups is 1. The van der Waals surface area contributed by atoms with Gasteiger partial charge in [0.2, 0.25) is 29.5 Å². The molecule has 0 radical (unpaired) electrons. The number of aliphatic hydroxyl groups excluding tert-OH is 2. The van der Waals surface area contributed by atoms with Crippen LogP contribution >= 0.6 is 35.2 Å². The lowest BCUT2D eigenvalue weighted by Crippen LogP contribution is -2.46. The van der Waals surface area contributed by atoms with Crippen molar-refractivity contribution in [3.8, 4) is 0 Å². The molecule has 0 aromatic carbocycles. The Bertz CT molecular complexity index is 2100. The molecule has 64 heavy (non-hydrogen) atoms. The summed E-state index contributed by atoms with van der Waals surface area (Å²) in [6.07, 6.45) is -5.62. The van der Waals surface area contributed by atoms with E-state index in [0.717, 1.165) is 17.2 Å². The van der Waals surface area contributed by atoms with Crippen molar-refractivity contribution in [2.45, 2.75) is 83.1 Å². The Kier molecular flexibility index (Phi) is 20.6. The van der Waals surface area contributed by atoms with Crippen LogP contribution in [0.5, 0.6) is 0 Å². The van der Waals surface area contributed by atoms with Gasteiger partial charge < -0.3 is 67.3 Å². The number of nitrogen functional groups attached to an aromatic ring is 1. The number of hydrogen-bond donors (Lipinski definition) is 12. The lowest BCUT2D eigenvalue weighted by Gasteiger charge is -2.30. The van der Waals surface area contributed by atoms with Crippen molar-refractivity contribution in [2.24, 2.45) is 11.1 Å². The van der Waals surface area contributed by atoms with Crippen LogP contribution in [0, 0.1) is 5.41 Å². The van der Waals surface area contributed by atoms with E-state index in [9.17, 15) is 67.5 Å². The molecule has 1 saturated heterocycles. The number of phosphoric ester groups is 3. The van der Waals surface area contributed by atoms with E-state index in [2.05, 4.69) is 45.1 Å². The quantitative estimate of drug-likeness (QED) is 0.0307. The van der Waals surface area contributed by atoms with Gasteiger partial charge in [-0.25, -0.2) is 28.6 Å². The lowest BCUT2D eigenvalue weighted by molar-refractivity contribution is -0.137. The number of aliphatic hydroxyl groups is 2. The van der Waals surface area contributed by atoms with Gasteiger partial charge in [0, 0.05) is 44.1 Å². The summed E-state index contributed by atoms with van der Waals surface area (Å²) < 4.78 is 62.2. The summed E-state index contributed by atoms with van der Waals surface area (Å²) in [5.41, 5.74) is 9.47. The van der Waals surface area contributed by atoms with Crippen LogP contribution in [0.3, 0.4) is 0 Å². The number of imidazole rings is 1. The fourth-order valence-electron chi connectivity index (χ4n) is 5.65. The first-order chi connectivity index (χ1) is 29.7. The molecule has 2 aromatic rings. The van der Waals surface area contributed by atoms with Crippen LogP contribution in [0.2, 0.25) is 0 Å². The molecule has 2 aromatic heterocycles. The van der Waals surface area contributed by atoms with Gasteiger partial charge >= 0.3 is 23.5 Å². The Balaban J connectivity index is 1.37. The number of rotatable bonds is 28. The van der Waals surface area contributed by atoms with Gasteiger partial charge in [0.1, 0.15) is 42.3 Å². The number of primary amides is 1. The van der Waals surface area contributed by atoms with Crippen molar-refractivity contribution in [1.29, 1.82) is 0 Å². The zero-order valence-electron chi connectivity index (χ0n) is 34.6. The van der Waals surface area contributed by atoms with E-state index >= 15 is 0 Å². The third-order valence-corrected chi connectivity index (χ3v) is 12.9. The second-order valence-electron chi connectivity index (χ2n) is 14.6. The zero-order valence-corrected chi connectivity index (χ0v) is 38.1. The van der Waals surface area contributed by atoms with Gasteiger partial charge in [-0.15, -0.1) is 0 Å². The lowest BCUT2D eigenvalue weighted by atomic mass is 9.87. The largest absolute Gasteiger partial charge is 0.481 e. The average Bonchev–Trinajstić information content (AvgIpc) is 3.74. The molecule has 3 rings (SSSR count). The Morgan fingerprint density at radius 1 is 0.969 bits per heavy atom. The Morgan fingerprint density at radius 3 is 2.30 bits per heavy atom. The van der Waals surface area contributed by atoms with Gasteiger partial charge in [-0.3, -0.25) is 42.1 Å². The molecule has 33 heteroatoms. The van der Waals surface area contributed by atoms with E-state index in [0.29, 0.717) is 31.6 Å². The molecule has 0 bridgehead atoms. The third kappa shape index (κ3) is 17.9. The molecule has 5 amide bonds. The van der Waals surface area contributed by atoms with Gasteiger partial charge in [-0.2, -0.15) is 16.1 Å². The topological polar surface area (TPSA) is 448 Å². The molecule has 2 unspecified atom stereocenters. The minimum Gasteiger partial charge on any atom is -0.386 e. The number of aromatic nitrogens is 4. The third-order valence-electron chi connectivity index (χ3n) is 8.84. The summed E-state index contributed by atoms with van der Waals surface area (Å²) in [6.45, 7) is 2.01. The van der Waals surface area contributed by atoms with Gasteiger partial charge in [0.05, 0.1) is 25.3 Å². The first kappa shape index (κ1) is 54.6. The molecule has 3 heterocycles. The second kappa shape index (κ2) is 24.2. The molecule has 0 spiro atoms. The molecule has 29 nitrogen and oxygen atoms in total. The van der Waals surface area contributed by atoms with E-state index in [1.807, 2.05) is 0 Å². The van der Waals surface area contributed by atoms with E-state index in [-0.39, 0.29) is 54.1 Å². The number of carbonyl (C=O) groups excluding carboxylic acids is 5. The Labute approximate surface area is 368 Å². The summed E-state index contributed by atoms with van der Waals surface area (Å²) in [4.78, 5) is 110. The number of anilines is 1. The first-order valence-electron chi connectivity index (χ1n) is 19.0. The maximum absolute atomic E-state index is 12.7. The summed E-state index contributed by atoms with van der Waals surface area (Å²) in [6, 6.07) is -0.780. The SMILES string of the molecule is CC(=O)N[C@H](CCCCNC(=O)CSCCNC(=O)CCNC(=O)[C@H](O)C(C)(C)COP(=O)(O)OP(=O)(O)OC[C@H]1O[C@@H](n2cnc3c(N)ncnc32)[C@H](O)[C@@H]1OP(=O)(O)O)C(N)=O. The van der Waals surface area contributed by atoms with E-state index in [1.165, 1.54) is 32.5 Å². The number of nitrogens with zero attached hydrogens (tertiary/aromatic N) is 4. The summed E-state index contributed by atoms with van der Waals surface area (Å²) in [7, 11) is -16.5. The van der Waals surface area contributed by atoms with Crippen molar-refractivity contribution in [3.05, 3.63) is 12.7 Å².